The first kappa shape index (κ1) is 14.0. The second kappa shape index (κ2) is 5.82. The molecular weight excluding hydrogens is 331 g/mol. The Balaban J connectivity index is 1.95. The summed E-state index contributed by atoms with van der Waals surface area (Å²) in [5.74, 6) is -0.319. The summed E-state index contributed by atoms with van der Waals surface area (Å²) in [6.45, 7) is 2.01. The van der Waals surface area contributed by atoms with Crippen LogP contribution < -0.4 is 5.32 Å². The van der Waals surface area contributed by atoms with Crippen molar-refractivity contribution < 1.29 is 4.39 Å². The highest BCUT2D eigenvalue weighted by molar-refractivity contribution is 9.10. The minimum absolute atomic E-state index is 0.00446. The van der Waals surface area contributed by atoms with E-state index in [1.165, 1.54) is 12.3 Å². The molecule has 0 fully saturated rings. The molecule has 0 saturated heterocycles. The van der Waals surface area contributed by atoms with Gasteiger partial charge in [0.15, 0.2) is 0 Å². The molecule has 0 spiro atoms. The molecule has 3 aromatic rings. The third kappa shape index (κ3) is 2.90. The van der Waals surface area contributed by atoms with Gasteiger partial charge in [0.1, 0.15) is 5.82 Å². The molecule has 1 heterocycles. The minimum Gasteiger partial charge on any atom is -0.376 e. The Morgan fingerprint density at radius 3 is 2.52 bits per heavy atom. The van der Waals surface area contributed by atoms with E-state index in [2.05, 4.69) is 38.4 Å². The van der Waals surface area contributed by atoms with Crippen LogP contribution in [0.2, 0.25) is 0 Å². The topological polar surface area (TPSA) is 24.9 Å². The summed E-state index contributed by atoms with van der Waals surface area (Å²) in [7, 11) is 0. The zero-order chi connectivity index (χ0) is 14.8. The fourth-order valence-corrected chi connectivity index (χ4v) is 2.82. The second-order valence-corrected chi connectivity index (χ2v) is 5.76. The number of pyridine rings is 1. The number of nitrogens with zero attached hydrogens (tertiary/aromatic N) is 1. The zero-order valence-electron chi connectivity index (χ0n) is 11.5. The molecule has 21 heavy (non-hydrogen) atoms. The largest absolute Gasteiger partial charge is 0.376 e. The molecule has 0 radical (unpaired) electrons. The maximum absolute atomic E-state index is 12.9. The number of anilines is 1. The van der Waals surface area contributed by atoms with Crippen LogP contribution in [0.5, 0.6) is 0 Å². The fourth-order valence-electron chi connectivity index (χ4n) is 2.34. The molecule has 0 saturated carbocycles. The van der Waals surface area contributed by atoms with E-state index in [0.29, 0.717) is 0 Å². The van der Waals surface area contributed by atoms with E-state index in [-0.39, 0.29) is 11.9 Å². The van der Waals surface area contributed by atoms with Crippen molar-refractivity contribution in [3.8, 4) is 0 Å². The standard InChI is InChI=1S/C17H14BrFN2/c1-11(16-8-6-12(19)10-20-16)21-17-9-7-15(18)13-4-2-3-5-14(13)17/h2-11,21H,1H3. The number of halogens is 2. The van der Waals surface area contributed by atoms with E-state index in [0.717, 1.165) is 26.6 Å². The lowest BCUT2D eigenvalue weighted by Gasteiger charge is -2.17. The maximum Gasteiger partial charge on any atom is 0.141 e. The molecule has 2 aromatic carbocycles. The lowest BCUT2D eigenvalue weighted by molar-refractivity contribution is 0.617. The van der Waals surface area contributed by atoms with E-state index in [9.17, 15) is 4.39 Å². The number of nitrogens with one attached hydrogen (secondary N) is 1. The molecule has 106 valence electrons. The van der Waals surface area contributed by atoms with E-state index >= 15 is 0 Å². The Hall–Kier alpha value is -1.94. The third-order valence-corrected chi connectivity index (χ3v) is 4.13. The second-order valence-electron chi connectivity index (χ2n) is 4.91. The average molecular weight is 345 g/mol. The maximum atomic E-state index is 12.9. The molecule has 0 amide bonds. The summed E-state index contributed by atoms with van der Waals surface area (Å²) >= 11 is 3.57. The quantitative estimate of drug-likeness (QED) is 0.696. The summed E-state index contributed by atoms with van der Waals surface area (Å²) in [6, 6.07) is 15.4. The van der Waals surface area contributed by atoms with E-state index < -0.39 is 0 Å². The molecule has 0 bridgehead atoms. The minimum atomic E-state index is -0.319. The summed E-state index contributed by atoms with van der Waals surface area (Å²) < 4.78 is 14.0. The van der Waals surface area contributed by atoms with Gasteiger partial charge in [-0.05, 0) is 36.6 Å². The monoisotopic (exact) mass is 344 g/mol. The van der Waals surface area contributed by atoms with Crippen LogP contribution in [0.25, 0.3) is 10.8 Å². The Bertz CT molecular complexity index is 771. The summed E-state index contributed by atoms with van der Waals surface area (Å²) in [6.07, 6.45) is 1.24. The molecular formula is C17H14BrFN2. The van der Waals surface area contributed by atoms with Crippen LogP contribution in [-0.2, 0) is 0 Å². The van der Waals surface area contributed by atoms with Gasteiger partial charge in [0.25, 0.3) is 0 Å². The van der Waals surface area contributed by atoms with Gasteiger partial charge in [-0.25, -0.2) is 4.39 Å². The van der Waals surface area contributed by atoms with Gasteiger partial charge in [-0.15, -0.1) is 0 Å². The highest BCUT2D eigenvalue weighted by Crippen LogP contribution is 2.31. The van der Waals surface area contributed by atoms with E-state index in [4.69, 9.17) is 0 Å². The predicted octanol–water partition coefficient (Wildman–Crippen LogP) is 5.31. The first-order valence-corrected chi connectivity index (χ1v) is 7.49. The Kier molecular flexibility index (Phi) is 3.88. The van der Waals surface area contributed by atoms with Crippen molar-refractivity contribution in [1.82, 2.24) is 4.98 Å². The van der Waals surface area contributed by atoms with Gasteiger partial charge >= 0.3 is 0 Å². The van der Waals surface area contributed by atoms with Crippen molar-refractivity contribution in [2.24, 2.45) is 0 Å². The van der Waals surface area contributed by atoms with Crippen LogP contribution in [0.1, 0.15) is 18.7 Å². The number of benzene rings is 2. The van der Waals surface area contributed by atoms with Gasteiger partial charge in [0.05, 0.1) is 17.9 Å². The Morgan fingerprint density at radius 2 is 1.81 bits per heavy atom. The van der Waals surface area contributed by atoms with Crippen LogP contribution in [0.3, 0.4) is 0 Å². The van der Waals surface area contributed by atoms with Crippen LogP contribution in [-0.4, -0.2) is 4.98 Å². The van der Waals surface area contributed by atoms with Gasteiger partial charge in [0.2, 0.25) is 0 Å². The lowest BCUT2D eigenvalue weighted by atomic mass is 10.1. The van der Waals surface area contributed by atoms with Gasteiger partial charge < -0.3 is 5.32 Å². The molecule has 0 aliphatic carbocycles. The van der Waals surface area contributed by atoms with Crippen molar-refractivity contribution in [2.75, 3.05) is 5.32 Å². The van der Waals surface area contributed by atoms with Crippen LogP contribution >= 0.6 is 15.9 Å². The molecule has 2 nitrogen and oxygen atoms in total. The summed E-state index contributed by atoms with van der Waals surface area (Å²) in [5, 5.41) is 5.74. The first-order chi connectivity index (χ1) is 10.1. The van der Waals surface area contributed by atoms with Crippen molar-refractivity contribution in [3.05, 3.63) is 70.7 Å². The number of hydrogen-bond donors (Lipinski definition) is 1. The third-order valence-electron chi connectivity index (χ3n) is 3.44. The first-order valence-electron chi connectivity index (χ1n) is 6.70. The normalized spacial score (nSPS) is 12.3. The Morgan fingerprint density at radius 1 is 1.05 bits per heavy atom. The lowest BCUT2D eigenvalue weighted by Crippen LogP contribution is -2.08. The number of rotatable bonds is 3. The van der Waals surface area contributed by atoms with E-state index in [1.54, 1.807) is 6.07 Å². The van der Waals surface area contributed by atoms with Gasteiger partial charge in [-0.1, -0.05) is 40.2 Å². The number of aromatic nitrogens is 1. The summed E-state index contributed by atoms with van der Waals surface area (Å²) in [4.78, 5) is 4.13. The molecule has 1 unspecified atom stereocenters. The highest BCUT2D eigenvalue weighted by atomic mass is 79.9. The molecule has 4 heteroatoms. The number of fused-ring (bicyclic) bond motifs is 1. The van der Waals surface area contributed by atoms with Crippen molar-refractivity contribution in [1.29, 1.82) is 0 Å². The van der Waals surface area contributed by atoms with Gasteiger partial charge in [0, 0.05) is 15.5 Å². The van der Waals surface area contributed by atoms with Crippen LogP contribution in [0, 0.1) is 5.82 Å². The van der Waals surface area contributed by atoms with Crippen molar-refractivity contribution >= 4 is 32.4 Å². The van der Waals surface area contributed by atoms with Crippen LogP contribution in [0.15, 0.2) is 59.2 Å². The van der Waals surface area contributed by atoms with E-state index in [1.807, 2.05) is 31.2 Å². The van der Waals surface area contributed by atoms with Crippen molar-refractivity contribution in [2.45, 2.75) is 13.0 Å². The predicted molar refractivity (Wildman–Crippen MR) is 87.9 cm³/mol. The molecule has 3 rings (SSSR count). The summed E-state index contributed by atoms with van der Waals surface area (Å²) in [5.41, 5.74) is 1.84. The highest BCUT2D eigenvalue weighted by Gasteiger charge is 2.10. The molecule has 1 N–H and O–H groups in total. The average Bonchev–Trinajstić information content (AvgIpc) is 2.51. The van der Waals surface area contributed by atoms with Gasteiger partial charge in [-0.3, -0.25) is 4.98 Å². The van der Waals surface area contributed by atoms with Crippen LogP contribution in [0.4, 0.5) is 10.1 Å². The van der Waals surface area contributed by atoms with Crippen molar-refractivity contribution in [3.63, 3.8) is 0 Å². The molecule has 1 aromatic heterocycles. The fraction of sp³-hybridized carbons (Fsp3) is 0.118. The smallest absolute Gasteiger partial charge is 0.141 e. The SMILES string of the molecule is CC(Nc1ccc(Br)c2ccccc12)c1ccc(F)cn1. The molecule has 1 atom stereocenters. The van der Waals surface area contributed by atoms with Gasteiger partial charge in [-0.2, -0.15) is 0 Å². The zero-order valence-corrected chi connectivity index (χ0v) is 13.1. The molecule has 0 aliphatic heterocycles. The molecule has 0 aliphatic rings. The number of hydrogen-bond acceptors (Lipinski definition) is 2. The Labute approximate surface area is 131 Å².